The van der Waals surface area contributed by atoms with E-state index in [2.05, 4.69) is 39.2 Å². The number of fused-ring (bicyclic) bond motifs is 1. The van der Waals surface area contributed by atoms with E-state index in [0.29, 0.717) is 0 Å². The van der Waals surface area contributed by atoms with Gasteiger partial charge in [-0.1, -0.05) is 15.9 Å². The molecule has 0 bridgehead atoms. The number of benzene rings is 1. The van der Waals surface area contributed by atoms with Crippen molar-refractivity contribution >= 4 is 33.0 Å². The van der Waals surface area contributed by atoms with E-state index >= 15 is 0 Å². The first kappa shape index (κ1) is 8.75. The molecule has 2 rings (SSSR count). The Kier molecular flexibility index (Phi) is 2.36. The number of nitrogens with zero attached hydrogens (tertiary/aromatic N) is 1. The number of hydrogen-bond acceptors (Lipinski definition) is 2. The Bertz CT molecular complexity index is 358. The van der Waals surface area contributed by atoms with Crippen molar-refractivity contribution < 1.29 is 0 Å². The van der Waals surface area contributed by atoms with Crippen molar-refractivity contribution in [1.82, 2.24) is 0 Å². The number of halogens is 1. The van der Waals surface area contributed by atoms with Gasteiger partial charge in [0.05, 0.1) is 11.4 Å². The monoisotopic (exact) mass is 238 g/mol. The van der Waals surface area contributed by atoms with Gasteiger partial charge in [0.15, 0.2) is 0 Å². The first-order valence-electron chi connectivity index (χ1n) is 4.33. The van der Waals surface area contributed by atoms with Crippen LogP contribution in [0.5, 0.6) is 0 Å². The molecule has 0 fully saturated rings. The van der Waals surface area contributed by atoms with Crippen LogP contribution in [0.1, 0.15) is 13.3 Å². The number of aliphatic imine (C=N–C) groups is 1. The van der Waals surface area contributed by atoms with Crippen LogP contribution in [0.15, 0.2) is 27.7 Å². The minimum atomic E-state index is 0.976. The first-order chi connectivity index (χ1) is 6.25. The minimum absolute atomic E-state index is 0.976. The topological polar surface area (TPSA) is 24.4 Å². The summed E-state index contributed by atoms with van der Waals surface area (Å²) in [6, 6.07) is 6.13. The van der Waals surface area contributed by atoms with Crippen molar-refractivity contribution in [1.29, 1.82) is 0 Å². The van der Waals surface area contributed by atoms with Crippen LogP contribution >= 0.6 is 15.9 Å². The highest BCUT2D eigenvalue weighted by Crippen LogP contribution is 2.30. The van der Waals surface area contributed by atoms with E-state index in [1.807, 2.05) is 12.1 Å². The summed E-state index contributed by atoms with van der Waals surface area (Å²) < 4.78 is 1.08. The summed E-state index contributed by atoms with van der Waals surface area (Å²) >= 11 is 3.44. The fourth-order valence-electron chi connectivity index (χ4n) is 1.39. The summed E-state index contributed by atoms with van der Waals surface area (Å²) in [5.41, 5.74) is 3.34. The van der Waals surface area contributed by atoms with Crippen molar-refractivity contribution in [2.24, 2.45) is 4.99 Å². The van der Waals surface area contributed by atoms with Gasteiger partial charge < -0.3 is 5.32 Å². The Hall–Kier alpha value is -0.830. The van der Waals surface area contributed by atoms with E-state index in [1.54, 1.807) is 0 Å². The quantitative estimate of drug-likeness (QED) is 0.737. The second-order valence-electron chi connectivity index (χ2n) is 3.19. The summed E-state index contributed by atoms with van der Waals surface area (Å²) in [5, 5.41) is 3.35. The zero-order valence-electron chi connectivity index (χ0n) is 7.47. The Morgan fingerprint density at radius 2 is 2.31 bits per heavy atom. The second kappa shape index (κ2) is 3.50. The molecule has 2 nitrogen and oxygen atoms in total. The zero-order valence-corrected chi connectivity index (χ0v) is 9.06. The SMILES string of the molecule is CC1=Nc2cc(Br)ccc2NCC1. The highest BCUT2D eigenvalue weighted by molar-refractivity contribution is 9.10. The maximum Gasteiger partial charge on any atom is 0.0871 e. The molecule has 3 heteroatoms. The van der Waals surface area contributed by atoms with Crippen LogP contribution < -0.4 is 5.32 Å². The fourth-order valence-corrected chi connectivity index (χ4v) is 1.74. The van der Waals surface area contributed by atoms with Gasteiger partial charge in [0.1, 0.15) is 0 Å². The van der Waals surface area contributed by atoms with E-state index in [4.69, 9.17) is 0 Å². The highest BCUT2D eigenvalue weighted by atomic mass is 79.9. The molecule has 1 aromatic rings. The summed E-state index contributed by atoms with van der Waals surface area (Å²) in [7, 11) is 0. The lowest BCUT2D eigenvalue weighted by Gasteiger charge is -2.04. The molecule has 1 N–H and O–H groups in total. The fraction of sp³-hybridized carbons (Fsp3) is 0.300. The lowest BCUT2D eigenvalue weighted by atomic mass is 10.3. The predicted molar refractivity (Wildman–Crippen MR) is 60.0 cm³/mol. The molecule has 0 aliphatic carbocycles. The Labute approximate surface area is 86.2 Å². The molecular formula is C10H11BrN2. The van der Waals surface area contributed by atoms with Crippen LogP contribution in [-0.2, 0) is 0 Å². The summed E-state index contributed by atoms with van der Waals surface area (Å²) in [5.74, 6) is 0. The van der Waals surface area contributed by atoms with E-state index in [9.17, 15) is 0 Å². The summed E-state index contributed by atoms with van der Waals surface area (Å²) in [4.78, 5) is 4.52. The van der Waals surface area contributed by atoms with Crippen molar-refractivity contribution in [2.75, 3.05) is 11.9 Å². The third-order valence-corrected chi connectivity index (χ3v) is 2.57. The van der Waals surface area contributed by atoms with E-state index in [-0.39, 0.29) is 0 Å². The lowest BCUT2D eigenvalue weighted by molar-refractivity contribution is 1.12. The van der Waals surface area contributed by atoms with Gasteiger partial charge in [-0.2, -0.15) is 0 Å². The Morgan fingerprint density at radius 3 is 3.15 bits per heavy atom. The molecule has 0 unspecified atom stereocenters. The molecule has 0 atom stereocenters. The van der Waals surface area contributed by atoms with Gasteiger partial charge in [0.25, 0.3) is 0 Å². The van der Waals surface area contributed by atoms with Crippen LogP contribution in [0.2, 0.25) is 0 Å². The molecule has 68 valence electrons. The number of anilines is 1. The van der Waals surface area contributed by atoms with E-state index in [0.717, 1.165) is 28.8 Å². The normalized spacial score (nSPS) is 15.4. The average Bonchev–Trinajstić information content (AvgIpc) is 2.25. The second-order valence-corrected chi connectivity index (χ2v) is 4.10. The molecule has 1 heterocycles. The van der Waals surface area contributed by atoms with Crippen LogP contribution in [0.25, 0.3) is 0 Å². The Balaban J connectivity index is 2.49. The standard InChI is InChI=1S/C10H11BrN2/c1-7-4-5-12-9-3-2-8(11)6-10(9)13-7/h2-3,6,12H,4-5H2,1H3. The molecule has 1 aromatic carbocycles. The average molecular weight is 239 g/mol. The molecule has 1 aliphatic heterocycles. The van der Waals surface area contributed by atoms with Gasteiger partial charge in [-0.25, -0.2) is 0 Å². The Morgan fingerprint density at radius 1 is 1.46 bits per heavy atom. The molecule has 1 aliphatic rings. The van der Waals surface area contributed by atoms with Crippen LogP contribution in [0, 0.1) is 0 Å². The minimum Gasteiger partial charge on any atom is -0.383 e. The third-order valence-electron chi connectivity index (χ3n) is 2.07. The van der Waals surface area contributed by atoms with Crippen molar-refractivity contribution in [3.05, 3.63) is 22.7 Å². The summed E-state index contributed by atoms with van der Waals surface area (Å²) in [6.07, 6.45) is 1.02. The van der Waals surface area contributed by atoms with Gasteiger partial charge in [0, 0.05) is 23.1 Å². The van der Waals surface area contributed by atoms with Crippen LogP contribution in [-0.4, -0.2) is 12.3 Å². The molecule has 0 saturated carbocycles. The summed E-state index contributed by atoms with van der Waals surface area (Å²) in [6.45, 7) is 3.04. The maximum atomic E-state index is 4.52. The molecule has 0 saturated heterocycles. The van der Waals surface area contributed by atoms with Crippen molar-refractivity contribution in [3.8, 4) is 0 Å². The highest BCUT2D eigenvalue weighted by Gasteiger charge is 2.06. The molecule has 13 heavy (non-hydrogen) atoms. The predicted octanol–water partition coefficient (Wildman–Crippen LogP) is 3.36. The van der Waals surface area contributed by atoms with Gasteiger partial charge in [-0.3, -0.25) is 4.99 Å². The van der Waals surface area contributed by atoms with Crippen molar-refractivity contribution in [3.63, 3.8) is 0 Å². The lowest BCUT2D eigenvalue weighted by Crippen LogP contribution is -2.02. The third kappa shape index (κ3) is 1.91. The van der Waals surface area contributed by atoms with Gasteiger partial charge in [-0.15, -0.1) is 0 Å². The molecule has 0 aromatic heterocycles. The molecular weight excluding hydrogens is 228 g/mol. The van der Waals surface area contributed by atoms with Crippen molar-refractivity contribution in [2.45, 2.75) is 13.3 Å². The smallest absolute Gasteiger partial charge is 0.0871 e. The van der Waals surface area contributed by atoms with Crippen LogP contribution in [0.3, 0.4) is 0 Å². The number of hydrogen-bond donors (Lipinski definition) is 1. The van der Waals surface area contributed by atoms with Crippen LogP contribution in [0.4, 0.5) is 11.4 Å². The van der Waals surface area contributed by atoms with E-state index in [1.165, 1.54) is 5.71 Å². The molecule has 0 spiro atoms. The molecule has 0 radical (unpaired) electrons. The van der Waals surface area contributed by atoms with Gasteiger partial charge in [0.2, 0.25) is 0 Å². The maximum absolute atomic E-state index is 4.52. The van der Waals surface area contributed by atoms with Gasteiger partial charge >= 0.3 is 0 Å². The number of rotatable bonds is 0. The van der Waals surface area contributed by atoms with Gasteiger partial charge in [-0.05, 0) is 25.1 Å². The van der Waals surface area contributed by atoms with E-state index < -0.39 is 0 Å². The molecule has 0 amide bonds. The zero-order chi connectivity index (χ0) is 9.26. The number of nitrogens with one attached hydrogen (secondary N) is 1. The largest absolute Gasteiger partial charge is 0.383 e. The first-order valence-corrected chi connectivity index (χ1v) is 5.12.